The van der Waals surface area contributed by atoms with Crippen molar-refractivity contribution in [3.8, 4) is 5.75 Å². The number of nitrogens with zero attached hydrogens (tertiary/aromatic N) is 1. The van der Waals surface area contributed by atoms with Crippen LogP contribution in [0.1, 0.15) is 0 Å². The lowest BCUT2D eigenvalue weighted by Crippen LogP contribution is -2.11. The Kier molecular flexibility index (Phi) is 4.16. The van der Waals surface area contributed by atoms with Gasteiger partial charge in [0.2, 0.25) is 0 Å². The number of rotatable bonds is 3. The van der Waals surface area contributed by atoms with E-state index in [9.17, 15) is 4.79 Å². The molecule has 1 aromatic rings. The third-order valence-corrected chi connectivity index (χ3v) is 2.69. The van der Waals surface area contributed by atoms with Gasteiger partial charge >= 0.3 is 5.97 Å². The number of carboxylic acid groups (broad SMARTS) is 1. The average Bonchev–Trinajstić information content (AvgIpc) is 2.03. The van der Waals surface area contributed by atoms with E-state index in [4.69, 9.17) is 9.84 Å². The quantitative estimate of drug-likeness (QED) is 0.780. The van der Waals surface area contributed by atoms with Crippen LogP contribution in [-0.2, 0) is 4.79 Å². The van der Waals surface area contributed by atoms with Crippen molar-refractivity contribution in [3.63, 3.8) is 0 Å². The van der Waals surface area contributed by atoms with Crippen molar-refractivity contribution in [2.24, 2.45) is 0 Å². The molecule has 0 radical (unpaired) electrons. The van der Waals surface area contributed by atoms with E-state index in [1.165, 1.54) is 0 Å². The Morgan fingerprint density at radius 3 is 2.46 bits per heavy atom. The molecule has 70 valence electrons. The van der Waals surface area contributed by atoms with E-state index in [0.717, 1.165) is 7.14 Å². The zero-order valence-corrected chi connectivity index (χ0v) is 10.6. The fourth-order valence-electron chi connectivity index (χ4n) is 0.671. The van der Waals surface area contributed by atoms with Gasteiger partial charge in [0.15, 0.2) is 6.61 Å². The van der Waals surface area contributed by atoms with E-state index >= 15 is 0 Å². The van der Waals surface area contributed by atoms with E-state index in [1.807, 2.05) is 45.2 Å². The predicted molar refractivity (Wildman–Crippen MR) is 62.8 cm³/mol. The molecule has 1 N–H and O–H groups in total. The average molecular weight is 405 g/mol. The van der Waals surface area contributed by atoms with Gasteiger partial charge in [-0.2, -0.15) is 0 Å². The van der Waals surface area contributed by atoms with E-state index < -0.39 is 5.97 Å². The van der Waals surface area contributed by atoms with Gasteiger partial charge in [0.25, 0.3) is 0 Å². The summed E-state index contributed by atoms with van der Waals surface area (Å²) in [4.78, 5) is 14.2. The SMILES string of the molecule is O=C(O)COc1c(I)cncc1I. The Labute approximate surface area is 102 Å². The third-order valence-electron chi connectivity index (χ3n) is 1.15. The van der Waals surface area contributed by atoms with Crippen LogP contribution >= 0.6 is 45.2 Å². The van der Waals surface area contributed by atoms with E-state index in [2.05, 4.69) is 4.98 Å². The van der Waals surface area contributed by atoms with Crippen molar-refractivity contribution in [2.75, 3.05) is 6.61 Å². The Balaban J connectivity index is 2.81. The first-order chi connectivity index (χ1) is 6.11. The molecule has 0 bridgehead atoms. The minimum absolute atomic E-state index is 0.323. The largest absolute Gasteiger partial charge is 0.480 e. The van der Waals surface area contributed by atoms with Crippen LogP contribution in [0.15, 0.2) is 12.4 Å². The van der Waals surface area contributed by atoms with Crippen molar-refractivity contribution in [3.05, 3.63) is 19.5 Å². The summed E-state index contributed by atoms with van der Waals surface area (Å²) in [5, 5.41) is 8.41. The number of halogens is 2. The molecule has 13 heavy (non-hydrogen) atoms. The topological polar surface area (TPSA) is 59.4 Å². The number of aliphatic carboxylic acids is 1. The third kappa shape index (κ3) is 3.25. The van der Waals surface area contributed by atoms with E-state index in [1.54, 1.807) is 12.4 Å². The number of pyridine rings is 1. The highest BCUT2D eigenvalue weighted by atomic mass is 127. The molecular formula is C7H5I2NO3. The van der Waals surface area contributed by atoms with Crippen molar-refractivity contribution in [1.82, 2.24) is 4.98 Å². The van der Waals surface area contributed by atoms with E-state index in [-0.39, 0.29) is 6.61 Å². The number of hydrogen-bond acceptors (Lipinski definition) is 3. The van der Waals surface area contributed by atoms with Gasteiger partial charge < -0.3 is 9.84 Å². The molecule has 0 atom stereocenters. The van der Waals surface area contributed by atoms with Crippen molar-refractivity contribution < 1.29 is 14.6 Å². The van der Waals surface area contributed by atoms with Gasteiger partial charge in [0, 0.05) is 12.4 Å². The second-order valence-corrected chi connectivity index (χ2v) is 4.44. The second-order valence-electron chi connectivity index (χ2n) is 2.11. The molecule has 0 aliphatic carbocycles. The molecule has 0 aliphatic rings. The molecule has 1 heterocycles. The lowest BCUT2D eigenvalue weighted by Gasteiger charge is -2.06. The van der Waals surface area contributed by atoms with Gasteiger partial charge in [-0.3, -0.25) is 4.98 Å². The van der Waals surface area contributed by atoms with Crippen LogP contribution in [-0.4, -0.2) is 22.7 Å². The highest BCUT2D eigenvalue weighted by molar-refractivity contribution is 14.1. The molecule has 0 amide bonds. The summed E-state index contributed by atoms with van der Waals surface area (Å²) in [6.07, 6.45) is 3.25. The molecule has 0 fully saturated rings. The van der Waals surface area contributed by atoms with Gasteiger partial charge in [-0.1, -0.05) is 0 Å². The summed E-state index contributed by atoms with van der Waals surface area (Å²) < 4.78 is 6.70. The number of aromatic nitrogens is 1. The molecule has 4 nitrogen and oxygen atoms in total. The van der Waals surface area contributed by atoms with Crippen molar-refractivity contribution in [1.29, 1.82) is 0 Å². The maximum atomic E-state index is 10.2. The fraction of sp³-hybridized carbons (Fsp3) is 0.143. The standard InChI is InChI=1S/C7H5I2NO3/c8-4-1-10-2-5(9)7(4)13-3-6(11)12/h1-2H,3H2,(H,11,12). The van der Waals surface area contributed by atoms with Crippen LogP contribution < -0.4 is 4.74 Å². The molecule has 6 heteroatoms. The van der Waals surface area contributed by atoms with Crippen molar-refractivity contribution >= 4 is 51.2 Å². The lowest BCUT2D eigenvalue weighted by molar-refractivity contribution is -0.139. The number of carboxylic acids is 1. The lowest BCUT2D eigenvalue weighted by atomic mass is 10.4. The number of carbonyl (C=O) groups is 1. The van der Waals surface area contributed by atoms with Crippen LogP contribution in [0.4, 0.5) is 0 Å². The maximum Gasteiger partial charge on any atom is 0.341 e. The number of hydrogen-bond donors (Lipinski definition) is 1. The second kappa shape index (κ2) is 4.94. The highest BCUT2D eigenvalue weighted by Crippen LogP contribution is 2.25. The van der Waals surface area contributed by atoms with Gasteiger partial charge in [-0.05, 0) is 45.2 Å². The summed E-state index contributed by atoms with van der Waals surface area (Å²) in [6.45, 7) is -0.323. The first-order valence-corrected chi connectivity index (χ1v) is 5.40. The zero-order chi connectivity index (χ0) is 9.84. The van der Waals surface area contributed by atoms with Gasteiger partial charge in [-0.15, -0.1) is 0 Å². The van der Waals surface area contributed by atoms with E-state index in [0.29, 0.717) is 5.75 Å². The molecule has 0 aliphatic heterocycles. The first-order valence-electron chi connectivity index (χ1n) is 3.25. The summed E-state index contributed by atoms with van der Waals surface area (Å²) in [6, 6.07) is 0. The molecule has 0 spiro atoms. The molecule has 0 aromatic carbocycles. The summed E-state index contributed by atoms with van der Waals surface area (Å²) in [5.41, 5.74) is 0. The minimum atomic E-state index is -0.983. The monoisotopic (exact) mass is 405 g/mol. The molecule has 0 saturated carbocycles. The molecule has 0 unspecified atom stereocenters. The van der Waals surface area contributed by atoms with Crippen molar-refractivity contribution in [2.45, 2.75) is 0 Å². The Hall–Kier alpha value is -0.120. The summed E-state index contributed by atoms with van der Waals surface area (Å²) in [7, 11) is 0. The van der Waals surface area contributed by atoms with Crippen LogP contribution in [0.2, 0.25) is 0 Å². The predicted octanol–water partition coefficient (Wildman–Crippen LogP) is 1.75. The zero-order valence-electron chi connectivity index (χ0n) is 6.33. The molecule has 1 aromatic heterocycles. The molecule has 1 rings (SSSR count). The van der Waals surface area contributed by atoms with Crippen LogP contribution in [0.3, 0.4) is 0 Å². The first kappa shape index (κ1) is 11.0. The molecular weight excluding hydrogens is 400 g/mol. The van der Waals surface area contributed by atoms with Gasteiger partial charge in [-0.25, -0.2) is 4.79 Å². The minimum Gasteiger partial charge on any atom is -0.480 e. The maximum absolute atomic E-state index is 10.2. The summed E-state index contributed by atoms with van der Waals surface area (Å²) >= 11 is 4.10. The normalized spacial score (nSPS) is 9.69. The van der Waals surface area contributed by atoms with Crippen LogP contribution in [0.25, 0.3) is 0 Å². The molecule has 0 saturated heterocycles. The smallest absolute Gasteiger partial charge is 0.341 e. The Bertz CT molecular complexity index is 309. The number of ether oxygens (including phenoxy) is 1. The van der Waals surface area contributed by atoms with Crippen LogP contribution in [0.5, 0.6) is 5.75 Å². The Morgan fingerprint density at radius 2 is 2.00 bits per heavy atom. The fourth-order valence-corrected chi connectivity index (χ4v) is 2.40. The van der Waals surface area contributed by atoms with Gasteiger partial charge in [0.05, 0.1) is 7.14 Å². The van der Waals surface area contributed by atoms with Crippen LogP contribution in [0, 0.1) is 7.14 Å². The summed E-state index contributed by atoms with van der Waals surface area (Å²) in [5.74, 6) is -0.401. The Morgan fingerprint density at radius 1 is 1.46 bits per heavy atom. The van der Waals surface area contributed by atoms with Gasteiger partial charge in [0.1, 0.15) is 5.75 Å². The highest BCUT2D eigenvalue weighted by Gasteiger charge is 2.07.